The first-order chi connectivity index (χ1) is 8.63. The Kier molecular flexibility index (Phi) is 6.72. The van der Waals surface area contributed by atoms with Gasteiger partial charge in [-0.25, -0.2) is 0 Å². The normalized spacial score (nSPS) is 11.5. The Bertz CT molecular complexity index is 384. The van der Waals surface area contributed by atoms with Crippen molar-refractivity contribution in [2.24, 2.45) is 0 Å². The lowest BCUT2D eigenvalue weighted by Crippen LogP contribution is -2.05. The second-order valence-corrected chi connectivity index (χ2v) is 5.76. The molecule has 18 heavy (non-hydrogen) atoms. The summed E-state index contributed by atoms with van der Waals surface area (Å²) in [6.07, 6.45) is -0.0884. The predicted molar refractivity (Wildman–Crippen MR) is 72.4 cm³/mol. The molecular formula is C12H18ClO4P. The first-order valence-corrected chi connectivity index (χ1v) is 8.05. The monoisotopic (exact) mass is 292 g/mol. The molecule has 0 amide bonds. The van der Waals surface area contributed by atoms with Crippen LogP contribution in [0.1, 0.15) is 19.4 Å². The van der Waals surface area contributed by atoms with E-state index in [2.05, 4.69) is 0 Å². The van der Waals surface area contributed by atoms with E-state index in [0.717, 1.165) is 5.56 Å². The Morgan fingerprint density at radius 1 is 1.11 bits per heavy atom. The number of ether oxygens (including phenoxy) is 1. The van der Waals surface area contributed by atoms with Gasteiger partial charge in [0.1, 0.15) is 5.75 Å². The average molecular weight is 293 g/mol. The van der Waals surface area contributed by atoms with Crippen molar-refractivity contribution in [3.63, 3.8) is 0 Å². The van der Waals surface area contributed by atoms with Crippen LogP contribution in [0.25, 0.3) is 0 Å². The van der Waals surface area contributed by atoms with Crippen molar-refractivity contribution >= 4 is 19.2 Å². The SMILES string of the molecule is CCOP(=O)(COc1ccc(CCl)cc1)OCC. The molecule has 0 saturated heterocycles. The van der Waals surface area contributed by atoms with E-state index < -0.39 is 7.60 Å². The van der Waals surface area contributed by atoms with E-state index >= 15 is 0 Å². The van der Waals surface area contributed by atoms with Crippen molar-refractivity contribution in [2.45, 2.75) is 19.7 Å². The maximum atomic E-state index is 12.1. The number of hydrogen-bond donors (Lipinski definition) is 0. The maximum absolute atomic E-state index is 12.1. The third-order valence-electron chi connectivity index (χ3n) is 2.12. The molecule has 0 fully saturated rings. The first-order valence-electron chi connectivity index (χ1n) is 5.79. The van der Waals surface area contributed by atoms with Gasteiger partial charge in [-0.2, -0.15) is 0 Å². The smallest absolute Gasteiger partial charge is 0.367 e. The van der Waals surface area contributed by atoms with Gasteiger partial charge in [-0.3, -0.25) is 4.57 Å². The second kappa shape index (κ2) is 7.80. The van der Waals surface area contributed by atoms with Gasteiger partial charge in [-0.05, 0) is 31.5 Å². The van der Waals surface area contributed by atoms with Crippen LogP contribution in [0.3, 0.4) is 0 Å². The van der Waals surface area contributed by atoms with Crippen LogP contribution in [0.5, 0.6) is 5.75 Å². The highest BCUT2D eigenvalue weighted by Gasteiger charge is 2.24. The minimum Gasteiger partial charge on any atom is -0.481 e. The Balaban J connectivity index is 2.58. The third kappa shape index (κ3) is 4.99. The van der Waals surface area contributed by atoms with Crippen molar-refractivity contribution in [1.29, 1.82) is 0 Å². The molecule has 0 aromatic heterocycles. The summed E-state index contributed by atoms with van der Waals surface area (Å²) >= 11 is 5.69. The summed E-state index contributed by atoms with van der Waals surface area (Å²) in [4.78, 5) is 0. The van der Waals surface area contributed by atoms with Crippen LogP contribution in [-0.4, -0.2) is 19.6 Å². The molecule has 0 radical (unpaired) electrons. The zero-order valence-electron chi connectivity index (χ0n) is 10.6. The van der Waals surface area contributed by atoms with E-state index in [-0.39, 0.29) is 6.35 Å². The summed E-state index contributed by atoms with van der Waals surface area (Å²) in [6.45, 7) is 4.18. The van der Waals surface area contributed by atoms with Crippen LogP contribution < -0.4 is 4.74 Å². The van der Waals surface area contributed by atoms with Crippen LogP contribution in [0.2, 0.25) is 0 Å². The van der Waals surface area contributed by atoms with E-state index in [0.29, 0.717) is 24.8 Å². The minimum absolute atomic E-state index is 0.0884. The van der Waals surface area contributed by atoms with Crippen LogP contribution in [0, 0.1) is 0 Å². The van der Waals surface area contributed by atoms with Gasteiger partial charge in [0.15, 0.2) is 6.35 Å². The highest BCUT2D eigenvalue weighted by atomic mass is 35.5. The Labute approximate surface area is 113 Å². The van der Waals surface area contributed by atoms with E-state index in [1.807, 2.05) is 12.1 Å². The lowest BCUT2D eigenvalue weighted by atomic mass is 10.2. The van der Waals surface area contributed by atoms with Crippen molar-refractivity contribution in [2.75, 3.05) is 19.6 Å². The van der Waals surface area contributed by atoms with Gasteiger partial charge in [0, 0.05) is 5.88 Å². The van der Waals surface area contributed by atoms with Gasteiger partial charge < -0.3 is 13.8 Å². The molecule has 1 aromatic rings. The Morgan fingerprint density at radius 2 is 1.67 bits per heavy atom. The standard InChI is InChI=1S/C12H18ClO4P/c1-3-16-18(14,17-4-2)10-15-12-7-5-11(9-13)6-8-12/h5-8H,3-4,9-10H2,1-2H3. The number of halogens is 1. The fraction of sp³-hybridized carbons (Fsp3) is 0.500. The molecule has 0 N–H and O–H groups in total. The van der Waals surface area contributed by atoms with Gasteiger partial charge in [0.05, 0.1) is 13.2 Å². The molecule has 0 aliphatic rings. The summed E-state index contributed by atoms with van der Waals surface area (Å²) in [6, 6.07) is 7.27. The number of benzene rings is 1. The fourth-order valence-electron chi connectivity index (χ4n) is 1.33. The molecule has 1 aromatic carbocycles. The molecule has 0 unspecified atom stereocenters. The summed E-state index contributed by atoms with van der Waals surface area (Å²) < 4.78 is 27.8. The molecule has 1 rings (SSSR count). The lowest BCUT2D eigenvalue weighted by molar-refractivity contribution is 0.197. The zero-order chi connectivity index (χ0) is 13.4. The van der Waals surface area contributed by atoms with Gasteiger partial charge >= 0.3 is 7.60 Å². The molecule has 6 heteroatoms. The highest BCUT2D eigenvalue weighted by Crippen LogP contribution is 2.47. The van der Waals surface area contributed by atoms with Gasteiger partial charge in [-0.15, -0.1) is 11.6 Å². The topological polar surface area (TPSA) is 44.8 Å². The van der Waals surface area contributed by atoms with Crippen molar-refractivity contribution in [3.05, 3.63) is 29.8 Å². The van der Waals surface area contributed by atoms with Gasteiger partial charge in [0.2, 0.25) is 0 Å². The molecular weight excluding hydrogens is 275 g/mol. The summed E-state index contributed by atoms with van der Waals surface area (Å²) in [5, 5.41) is 0. The van der Waals surface area contributed by atoms with Crippen LogP contribution >= 0.6 is 19.2 Å². The minimum atomic E-state index is -3.15. The quantitative estimate of drug-likeness (QED) is 0.536. The molecule has 4 nitrogen and oxygen atoms in total. The number of rotatable bonds is 8. The predicted octanol–water partition coefficient (Wildman–Crippen LogP) is 4.03. The molecule has 0 heterocycles. The summed E-state index contributed by atoms with van der Waals surface area (Å²) in [7, 11) is -3.15. The lowest BCUT2D eigenvalue weighted by Gasteiger charge is -2.17. The maximum Gasteiger partial charge on any atom is 0.367 e. The van der Waals surface area contributed by atoms with E-state index in [1.165, 1.54) is 0 Å². The number of hydrogen-bond acceptors (Lipinski definition) is 4. The second-order valence-electron chi connectivity index (χ2n) is 3.50. The summed E-state index contributed by atoms with van der Waals surface area (Å²) in [5.74, 6) is 1.07. The molecule has 0 spiro atoms. The van der Waals surface area contributed by atoms with Crippen LogP contribution in [0.15, 0.2) is 24.3 Å². The first kappa shape index (κ1) is 15.5. The molecule has 0 aliphatic carbocycles. The average Bonchev–Trinajstić information content (AvgIpc) is 2.38. The molecule has 0 aliphatic heterocycles. The van der Waals surface area contributed by atoms with Crippen LogP contribution in [-0.2, 0) is 19.5 Å². The van der Waals surface area contributed by atoms with E-state index in [1.54, 1.807) is 26.0 Å². The zero-order valence-corrected chi connectivity index (χ0v) is 12.2. The number of alkyl halides is 1. The van der Waals surface area contributed by atoms with Gasteiger partial charge in [0.25, 0.3) is 0 Å². The van der Waals surface area contributed by atoms with E-state index in [4.69, 9.17) is 25.4 Å². The fourth-order valence-corrected chi connectivity index (χ4v) is 2.83. The van der Waals surface area contributed by atoms with Crippen molar-refractivity contribution in [3.8, 4) is 5.75 Å². The molecule has 0 bridgehead atoms. The third-order valence-corrected chi connectivity index (χ3v) is 4.18. The molecule has 0 saturated carbocycles. The van der Waals surface area contributed by atoms with E-state index in [9.17, 15) is 4.57 Å². The highest BCUT2D eigenvalue weighted by molar-refractivity contribution is 7.53. The Morgan fingerprint density at radius 3 is 2.11 bits per heavy atom. The Hall–Kier alpha value is -0.540. The largest absolute Gasteiger partial charge is 0.481 e. The molecule has 0 atom stereocenters. The van der Waals surface area contributed by atoms with Gasteiger partial charge in [-0.1, -0.05) is 12.1 Å². The molecule has 102 valence electrons. The van der Waals surface area contributed by atoms with Crippen molar-refractivity contribution < 1.29 is 18.3 Å². The van der Waals surface area contributed by atoms with Crippen molar-refractivity contribution in [1.82, 2.24) is 0 Å². The van der Waals surface area contributed by atoms with Crippen LogP contribution in [0.4, 0.5) is 0 Å². The summed E-state index contributed by atoms with van der Waals surface area (Å²) in [5.41, 5.74) is 1.00.